The number of hydrogen-bond acceptors (Lipinski definition) is 4. The molecule has 0 aromatic carbocycles. The van der Waals surface area contributed by atoms with E-state index in [1.54, 1.807) is 6.08 Å². The van der Waals surface area contributed by atoms with Crippen molar-refractivity contribution in [2.75, 3.05) is 5.75 Å². The van der Waals surface area contributed by atoms with Crippen molar-refractivity contribution in [3.63, 3.8) is 0 Å². The van der Waals surface area contributed by atoms with Crippen LogP contribution in [0.25, 0.3) is 0 Å². The lowest BCUT2D eigenvalue weighted by molar-refractivity contribution is -0.122. The molecule has 0 heterocycles. The fourth-order valence-electron chi connectivity index (χ4n) is 3.34. The highest BCUT2D eigenvalue weighted by atomic mass is 32.2. The highest BCUT2D eigenvalue weighted by Gasteiger charge is 2.24. The lowest BCUT2D eigenvalue weighted by Crippen LogP contribution is -2.46. The second kappa shape index (κ2) is 21.8. The van der Waals surface area contributed by atoms with Gasteiger partial charge in [0.05, 0.1) is 17.9 Å². The number of aliphatic hydroxyl groups is 1. The van der Waals surface area contributed by atoms with Gasteiger partial charge >= 0.3 is 0 Å². The third-order valence-electron chi connectivity index (χ3n) is 5.26. The average molecular weight is 498 g/mol. The van der Waals surface area contributed by atoms with Crippen LogP contribution in [0.4, 0.5) is 0 Å². The summed E-state index contributed by atoms with van der Waals surface area (Å²) >= 11 is 0. The Hall–Kier alpha value is -1.70. The third kappa shape index (κ3) is 22.1. The Balaban J connectivity index is 4.22. The molecule has 0 saturated heterocycles. The van der Waals surface area contributed by atoms with Gasteiger partial charge in [-0.25, -0.2) is 0 Å². The maximum absolute atomic E-state index is 12.2. The number of hydrogen-bond donors (Lipinski definition) is 3. The molecule has 0 aliphatic rings. The predicted octanol–water partition coefficient (Wildman–Crippen LogP) is 6.06. The van der Waals surface area contributed by atoms with Gasteiger partial charge in [-0.15, -0.1) is 0 Å². The lowest BCUT2D eigenvalue weighted by Gasteiger charge is -2.21. The molecule has 0 aromatic rings. The molecular formula is C27H47NO5S. The van der Waals surface area contributed by atoms with Crippen LogP contribution in [0, 0.1) is 0 Å². The fraction of sp³-hybridized carbons (Fsp3) is 0.667. The van der Waals surface area contributed by atoms with E-state index in [2.05, 4.69) is 55.6 Å². The van der Waals surface area contributed by atoms with E-state index in [9.17, 15) is 22.9 Å². The van der Waals surface area contributed by atoms with Gasteiger partial charge in [-0.1, -0.05) is 88.1 Å². The normalized spacial score (nSPS) is 14.6. The maximum Gasteiger partial charge on any atom is 0.267 e. The molecule has 2 atom stereocenters. The van der Waals surface area contributed by atoms with Gasteiger partial charge < -0.3 is 10.4 Å². The van der Waals surface area contributed by atoms with Gasteiger partial charge in [0.15, 0.2) is 0 Å². The van der Waals surface area contributed by atoms with E-state index in [0.29, 0.717) is 6.42 Å². The molecule has 0 spiro atoms. The van der Waals surface area contributed by atoms with Crippen molar-refractivity contribution in [2.24, 2.45) is 0 Å². The summed E-state index contributed by atoms with van der Waals surface area (Å²) in [4.78, 5) is 12.2. The zero-order chi connectivity index (χ0) is 25.5. The summed E-state index contributed by atoms with van der Waals surface area (Å²) in [6.45, 7) is 4.25. The van der Waals surface area contributed by atoms with E-state index in [4.69, 9.17) is 0 Å². The molecule has 6 nitrogen and oxygen atoms in total. The van der Waals surface area contributed by atoms with Crippen LogP contribution >= 0.6 is 0 Å². The van der Waals surface area contributed by atoms with Crippen LogP contribution in [-0.2, 0) is 14.9 Å². The molecule has 0 saturated carbocycles. The van der Waals surface area contributed by atoms with Crippen molar-refractivity contribution in [3.8, 4) is 0 Å². The van der Waals surface area contributed by atoms with E-state index in [0.717, 1.165) is 70.6 Å². The van der Waals surface area contributed by atoms with Crippen molar-refractivity contribution in [3.05, 3.63) is 48.6 Å². The van der Waals surface area contributed by atoms with Crippen LogP contribution in [0.3, 0.4) is 0 Å². The molecule has 3 N–H and O–H groups in total. The summed E-state index contributed by atoms with van der Waals surface area (Å²) in [6, 6.07) is -1.07. The van der Waals surface area contributed by atoms with Gasteiger partial charge in [0, 0.05) is 6.42 Å². The number of nitrogens with one attached hydrogen (secondary N) is 1. The minimum absolute atomic E-state index is 0.257. The molecule has 0 radical (unpaired) electrons. The number of carbonyl (C=O) groups excluding carboxylic acids is 1. The van der Waals surface area contributed by atoms with Gasteiger partial charge in [0.2, 0.25) is 5.91 Å². The van der Waals surface area contributed by atoms with E-state index >= 15 is 0 Å². The Morgan fingerprint density at radius 3 is 2.03 bits per heavy atom. The summed E-state index contributed by atoms with van der Waals surface area (Å²) in [5.74, 6) is -1.03. The van der Waals surface area contributed by atoms with Gasteiger partial charge in [-0.05, 0) is 51.4 Å². The molecule has 196 valence electrons. The van der Waals surface area contributed by atoms with E-state index in [-0.39, 0.29) is 12.3 Å². The molecule has 0 rings (SSSR count). The van der Waals surface area contributed by atoms with Crippen LogP contribution in [0.1, 0.15) is 97.3 Å². The largest absolute Gasteiger partial charge is 0.387 e. The Kier molecular flexibility index (Phi) is 20.7. The predicted molar refractivity (Wildman–Crippen MR) is 142 cm³/mol. The number of unbranched alkanes of at least 4 members (excludes halogenated alkanes) is 7. The molecule has 34 heavy (non-hydrogen) atoms. The Bertz CT molecular complexity index is 725. The first kappa shape index (κ1) is 32.3. The highest BCUT2D eigenvalue weighted by molar-refractivity contribution is 7.85. The van der Waals surface area contributed by atoms with Crippen molar-refractivity contribution < 1.29 is 22.9 Å². The standard InChI is InChI=1S/C27H47NO5S/c1-3-5-7-9-11-12-13-14-15-16-17-19-21-23-27(30)28-25(24-34(31,32)33)26(29)22-20-18-10-8-6-4-2/h5,7,11-12,14-15,20,22,25-26,29H,3-4,6,8-10,13,16-19,21,23-24H2,1-2H3,(H,28,30)(H,31,32,33)/b7-5-,12-11-,15-14-,22-20+. The van der Waals surface area contributed by atoms with Crippen molar-refractivity contribution in [2.45, 2.75) is 109 Å². The lowest BCUT2D eigenvalue weighted by atomic mass is 10.1. The highest BCUT2D eigenvalue weighted by Crippen LogP contribution is 2.08. The van der Waals surface area contributed by atoms with Crippen LogP contribution < -0.4 is 5.32 Å². The Morgan fingerprint density at radius 2 is 1.41 bits per heavy atom. The average Bonchev–Trinajstić information content (AvgIpc) is 2.77. The van der Waals surface area contributed by atoms with Crippen molar-refractivity contribution in [1.82, 2.24) is 5.32 Å². The number of amides is 1. The van der Waals surface area contributed by atoms with Crippen LogP contribution in [-0.4, -0.2) is 41.9 Å². The molecule has 0 aliphatic carbocycles. The third-order valence-corrected chi connectivity index (χ3v) is 6.04. The Labute approximate surface area is 208 Å². The fourth-order valence-corrected chi connectivity index (χ4v) is 4.08. The van der Waals surface area contributed by atoms with Crippen molar-refractivity contribution >= 4 is 16.0 Å². The molecule has 7 heteroatoms. The van der Waals surface area contributed by atoms with Crippen LogP contribution in [0.15, 0.2) is 48.6 Å². The number of aliphatic hydroxyl groups excluding tert-OH is 1. The first-order chi connectivity index (χ1) is 16.3. The van der Waals surface area contributed by atoms with Crippen LogP contribution in [0.2, 0.25) is 0 Å². The molecule has 0 aliphatic heterocycles. The quantitative estimate of drug-likeness (QED) is 0.102. The summed E-state index contributed by atoms with van der Waals surface area (Å²) in [6.07, 6.45) is 27.0. The topological polar surface area (TPSA) is 104 Å². The maximum atomic E-state index is 12.2. The Morgan fingerprint density at radius 1 is 0.824 bits per heavy atom. The second-order valence-corrected chi connectivity index (χ2v) is 10.1. The zero-order valence-electron chi connectivity index (χ0n) is 21.2. The molecule has 1 amide bonds. The number of allylic oxidation sites excluding steroid dienone is 7. The number of carbonyl (C=O) groups is 1. The summed E-state index contributed by atoms with van der Waals surface area (Å²) in [7, 11) is -4.33. The van der Waals surface area contributed by atoms with Crippen LogP contribution in [0.5, 0.6) is 0 Å². The molecule has 0 bridgehead atoms. The van der Waals surface area contributed by atoms with Gasteiger partial charge in [0.25, 0.3) is 10.1 Å². The molecule has 0 fully saturated rings. The second-order valence-electron chi connectivity index (χ2n) is 8.58. The molecule has 2 unspecified atom stereocenters. The number of rotatable bonds is 21. The zero-order valence-corrected chi connectivity index (χ0v) is 22.0. The summed E-state index contributed by atoms with van der Waals surface area (Å²) < 4.78 is 31.8. The van der Waals surface area contributed by atoms with Gasteiger partial charge in [-0.2, -0.15) is 8.42 Å². The van der Waals surface area contributed by atoms with E-state index < -0.39 is 28.0 Å². The first-order valence-electron chi connectivity index (χ1n) is 12.8. The van der Waals surface area contributed by atoms with Crippen molar-refractivity contribution in [1.29, 1.82) is 0 Å². The van der Waals surface area contributed by atoms with E-state index in [1.165, 1.54) is 6.08 Å². The van der Waals surface area contributed by atoms with Gasteiger partial charge in [-0.3, -0.25) is 9.35 Å². The summed E-state index contributed by atoms with van der Waals surface area (Å²) in [5, 5.41) is 12.9. The monoisotopic (exact) mass is 497 g/mol. The smallest absolute Gasteiger partial charge is 0.267 e. The van der Waals surface area contributed by atoms with Gasteiger partial charge in [0.1, 0.15) is 0 Å². The van der Waals surface area contributed by atoms with E-state index in [1.807, 2.05) is 0 Å². The molecule has 0 aromatic heterocycles. The first-order valence-corrected chi connectivity index (χ1v) is 14.4. The molecular weight excluding hydrogens is 450 g/mol. The minimum atomic E-state index is -4.33. The SMILES string of the molecule is CC/C=C\C/C=C\C/C=C\CCCCCC(=O)NC(CS(=O)(=O)O)C(O)/C=C/CCCCCC. The summed E-state index contributed by atoms with van der Waals surface area (Å²) in [5.41, 5.74) is 0. The minimum Gasteiger partial charge on any atom is -0.387 e.